The third-order valence-corrected chi connectivity index (χ3v) is 5.37. The second-order valence-corrected chi connectivity index (χ2v) is 8.13. The lowest BCUT2D eigenvalue weighted by Gasteiger charge is -2.26. The van der Waals surface area contributed by atoms with Gasteiger partial charge in [-0.1, -0.05) is 78.4 Å². The molecule has 0 aromatic rings. The quantitative estimate of drug-likeness (QED) is 0.319. The Bertz CT molecular complexity index is 276. The van der Waals surface area contributed by atoms with E-state index in [1.165, 1.54) is 56.9 Å². The molecule has 0 amide bonds. The first kappa shape index (κ1) is 17.8. The predicted octanol–water partition coefficient (Wildman–Crippen LogP) is 6.86. The third-order valence-electron chi connectivity index (χ3n) is 5.37. The highest BCUT2D eigenvalue weighted by molar-refractivity contribution is 4.98. The zero-order valence-corrected chi connectivity index (χ0v) is 14.8. The van der Waals surface area contributed by atoms with Crippen LogP contribution >= 0.6 is 0 Å². The molecular formula is C20H38. The molecule has 0 nitrogen and oxygen atoms in total. The van der Waals surface area contributed by atoms with Crippen molar-refractivity contribution in [2.75, 3.05) is 0 Å². The van der Waals surface area contributed by atoms with Crippen molar-refractivity contribution in [2.24, 2.45) is 29.6 Å². The standard InChI is InChI=1S/C20H38/c1-15(2)13-20(16(3)4)18(6)9-7-8-10-19-12-11-17(5)14-19/h15,17-20H,3,7-14H2,1-2,4-6H3. The lowest BCUT2D eigenvalue weighted by atomic mass is 9.79. The third kappa shape index (κ3) is 6.46. The Morgan fingerprint density at radius 1 is 1.15 bits per heavy atom. The summed E-state index contributed by atoms with van der Waals surface area (Å²) in [5.41, 5.74) is 1.40. The fraction of sp³-hybridized carbons (Fsp3) is 0.900. The van der Waals surface area contributed by atoms with Crippen molar-refractivity contribution in [3.8, 4) is 0 Å². The molecular weight excluding hydrogens is 240 g/mol. The molecule has 0 spiro atoms. The molecule has 0 aromatic carbocycles. The second-order valence-electron chi connectivity index (χ2n) is 8.13. The van der Waals surface area contributed by atoms with Crippen LogP contribution in [0.3, 0.4) is 0 Å². The molecule has 118 valence electrons. The van der Waals surface area contributed by atoms with Crippen LogP contribution in [-0.4, -0.2) is 0 Å². The van der Waals surface area contributed by atoms with Crippen molar-refractivity contribution < 1.29 is 0 Å². The zero-order chi connectivity index (χ0) is 15.1. The minimum absolute atomic E-state index is 0.738. The van der Waals surface area contributed by atoms with Crippen LogP contribution in [0.15, 0.2) is 12.2 Å². The Kier molecular flexibility index (Phi) is 7.92. The number of hydrogen-bond donors (Lipinski definition) is 0. The van der Waals surface area contributed by atoms with Gasteiger partial charge in [0.05, 0.1) is 0 Å². The number of rotatable bonds is 9. The summed E-state index contributed by atoms with van der Waals surface area (Å²) >= 11 is 0. The van der Waals surface area contributed by atoms with Gasteiger partial charge in [0.25, 0.3) is 0 Å². The molecule has 4 unspecified atom stereocenters. The zero-order valence-electron chi connectivity index (χ0n) is 14.8. The first-order valence-corrected chi connectivity index (χ1v) is 9.05. The van der Waals surface area contributed by atoms with Crippen LogP contribution in [0.1, 0.15) is 86.0 Å². The summed E-state index contributed by atoms with van der Waals surface area (Å²) < 4.78 is 0. The Morgan fingerprint density at radius 2 is 1.85 bits per heavy atom. The largest absolute Gasteiger partial charge is 0.0999 e. The molecule has 20 heavy (non-hydrogen) atoms. The number of allylic oxidation sites excluding steroid dienone is 1. The van der Waals surface area contributed by atoms with Crippen LogP contribution < -0.4 is 0 Å². The Labute approximate surface area is 128 Å². The molecule has 0 bridgehead atoms. The molecule has 1 saturated carbocycles. The van der Waals surface area contributed by atoms with E-state index in [4.69, 9.17) is 0 Å². The lowest BCUT2D eigenvalue weighted by molar-refractivity contribution is 0.314. The Morgan fingerprint density at radius 3 is 2.35 bits per heavy atom. The molecule has 0 saturated heterocycles. The molecule has 1 fully saturated rings. The molecule has 0 N–H and O–H groups in total. The van der Waals surface area contributed by atoms with Crippen molar-refractivity contribution in [3.05, 3.63) is 12.2 Å². The minimum Gasteiger partial charge on any atom is -0.0999 e. The second kappa shape index (κ2) is 8.90. The smallest absolute Gasteiger partial charge is 0.0181 e. The van der Waals surface area contributed by atoms with Crippen molar-refractivity contribution in [1.29, 1.82) is 0 Å². The van der Waals surface area contributed by atoms with E-state index in [0.29, 0.717) is 0 Å². The maximum Gasteiger partial charge on any atom is -0.0181 e. The Balaban J connectivity index is 2.20. The topological polar surface area (TPSA) is 0 Å². The van der Waals surface area contributed by atoms with E-state index in [9.17, 15) is 0 Å². The van der Waals surface area contributed by atoms with E-state index in [-0.39, 0.29) is 0 Å². The van der Waals surface area contributed by atoms with Crippen LogP contribution in [0.2, 0.25) is 0 Å². The number of hydrogen-bond acceptors (Lipinski definition) is 0. The monoisotopic (exact) mass is 278 g/mol. The minimum atomic E-state index is 0.738. The van der Waals surface area contributed by atoms with Gasteiger partial charge in [-0.2, -0.15) is 0 Å². The fourth-order valence-electron chi connectivity index (χ4n) is 4.11. The van der Waals surface area contributed by atoms with Crippen molar-refractivity contribution in [3.63, 3.8) is 0 Å². The van der Waals surface area contributed by atoms with Gasteiger partial charge < -0.3 is 0 Å². The average Bonchev–Trinajstić information content (AvgIpc) is 2.76. The van der Waals surface area contributed by atoms with Crippen molar-refractivity contribution in [2.45, 2.75) is 86.0 Å². The summed E-state index contributed by atoms with van der Waals surface area (Å²) in [4.78, 5) is 0. The summed E-state index contributed by atoms with van der Waals surface area (Å²) in [5, 5.41) is 0. The number of unbranched alkanes of at least 4 members (excludes halogenated alkanes) is 1. The molecule has 0 heterocycles. The van der Waals surface area contributed by atoms with E-state index < -0.39 is 0 Å². The van der Waals surface area contributed by atoms with Gasteiger partial charge in [0.15, 0.2) is 0 Å². The highest BCUT2D eigenvalue weighted by atomic mass is 14.3. The van der Waals surface area contributed by atoms with E-state index in [1.54, 1.807) is 0 Å². The van der Waals surface area contributed by atoms with Gasteiger partial charge in [-0.05, 0) is 49.4 Å². The van der Waals surface area contributed by atoms with Crippen LogP contribution in [0, 0.1) is 29.6 Å². The van der Waals surface area contributed by atoms with E-state index in [0.717, 1.165) is 29.6 Å². The summed E-state index contributed by atoms with van der Waals surface area (Å²) in [6.07, 6.45) is 11.5. The van der Waals surface area contributed by atoms with Crippen LogP contribution in [0.4, 0.5) is 0 Å². The highest BCUT2D eigenvalue weighted by Gasteiger charge is 2.22. The van der Waals surface area contributed by atoms with Crippen LogP contribution in [-0.2, 0) is 0 Å². The van der Waals surface area contributed by atoms with E-state index in [2.05, 4.69) is 41.2 Å². The molecule has 0 aromatic heterocycles. The molecule has 0 heteroatoms. The first-order chi connectivity index (χ1) is 9.40. The van der Waals surface area contributed by atoms with Gasteiger partial charge in [-0.25, -0.2) is 0 Å². The molecule has 0 aliphatic heterocycles. The van der Waals surface area contributed by atoms with Crippen LogP contribution in [0.5, 0.6) is 0 Å². The maximum atomic E-state index is 4.23. The normalized spacial score (nSPS) is 25.9. The van der Waals surface area contributed by atoms with Gasteiger partial charge in [-0.3, -0.25) is 0 Å². The van der Waals surface area contributed by atoms with Gasteiger partial charge in [0, 0.05) is 0 Å². The van der Waals surface area contributed by atoms with E-state index >= 15 is 0 Å². The summed E-state index contributed by atoms with van der Waals surface area (Å²) in [5.74, 6) is 4.39. The molecule has 1 aliphatic carbocycles. The Hall–Kier alpha value is -0.260. The summed E-state index contributed by atoms with van der Waals surface area (Å²) in [6.45, 7) is 16.0. The molecule has 1 rings (SSSR count). The summed E-state index contributed by atoms with van der Waals surface area (Å²) in [7, 11) is 0. The predicted molar refractivity (Wildman–Crippen MR) is 91.9 cm³/mol. The van der Waals surface area contributed by atoms with Crippen molar-refractivity contribution >= 4 is 0 Å². The fourth-order valence-corrected chi connectivity index (χ4v) is 4.11. The van der Waals surface area contributed by atoms with Gasteiger partial charge >= 0.3 is 0 Å². The van der Waals surface area contributed by atoms with Gasteiger partial charge in [-0.15, -0.1) is 0 Å². The highest BCUT2D eigenvalue weighted by Crippen LogP contribution is 2.35. The molecule has 1 aliphatic rings. The molecule has 0 radical (unpaired) electrons. The maximum absolute atomic E-state index is 4.23. The van der Waals surface area contributed by atoms with Crippen LogP contribution in [0.25, 0.3) is 0 Å². The summed E-state index contributed by atoms with van der Waals surface area (Å²) in [6, 6.07) is 0. The van der Waals surface area contributed by atoms with Gasteiger partial charge in [0.2, 0.25) is 0 Å². The van der Waals surface area contributed by atoms with E-state index in [1.807, 2.05) is 0 Å². The van der Waals surface area contributed by atoms with Crippen molar-refractivity contribution in [1.82, 2.24) is 0 Å². The lowest BCUT2D eigenvalue weighted by Crippen LogP contribution is -2.15. The van der Waals surface area contributed by atoms with Gasteiger partial charge in [0.1, 0.15) is 0 Å². The average molecular weight is 279 g/mol. The molecule has 4 atom stereocenters. The first-order valence-electron chi connectivity index (χ1n) is 9.05. The SMILES string of the molecule is C=C(C)C(CC(C)C)C(C)CCCCC1CCC(C)C1.